The van der Waals surface area contributed by atoms with E-state index in [0.717, 1.165) is 0 Å². The summed E-state index contributed by atoms with van der Waals surface area (Å²) < 4.78 is 0. The first-order valence-electron chi connectivity index (χ1n) is 14.2. The maximum atomic E-state index is 2.75. The van der Waals surface area contributed by atoms with Gasteiger partial charge in [0.05, 0.1) is 0 Å². The van der Waals surface area contributed by atoms with Gasteiger partial charge in [-0.15, -0.1) is 0 Å². The van der Waals surface area contributed by atoms with Gasteiger partial charge in [0.2, 0.25) is 0 Å². The van der Waals surface area contributed by atoms with Crippen molar-refractivity contribution in [2.24, 2.45) is 17.3 Å². The lowest BCUT2D eigenvalue weighted by Crippen LogP contribution is -2.35. The molecule has 2 aromatic rings. The fraction of sp³-hybridized carbons (Fsp3) is 0.529. The second-order valence-corrected chi connectivity index (χ2v) is 11.5. The predicted molar refractivity (Wildman–Crippen MR) is 148 cm³/mol. The Morgan fingerprint density at radius 1 is 0.676 bits per heavy atom. The third-order valence-corrected chi connectivity index (χ3v) is 9.43. The summed E-state index contributed by atoms with van der Waals surface area (Å²) in [4.78, 5) is 0. The Hall–Kier alpha value is -2.08. The van der Waals surface area contributed by atoms with E-state index in [1.165, 1.54) is 57.8 Å². The molecule has 0 spiro atoms. The zero-order valence-electron chi connectivity index (χ0n) is 21.9. The van der Waals surface area contributed by atoms with E-state index >= 15 is 0 Å². The molecule has 0 heterocycles. The normalized spacial score (nSPS) is 24.7. The van der Waals surface area contributed by atoms with Crippen LogP contribution in [0.4, 0.5) is 0 Å². The van der Waals surface area contributed by atoms with Gasteiger partial charge >= 0.3 is 0 Å². The summed E-state index contributed by atoms with van der Waals surface area (Å²) in [5.74, 6) is 2.36. The van der Waals surface area contributed by atoms with Crippen LogP contribution in [0.3, 0.4) is 0 Å². The lowest BCUT2D eigenvalue weighted by molar-refractivity contribution is 0.144. The van der Waals surface area contributed by atoms with E-state index in [-0.39, 0.29) is 0 Å². The maximum Gasteiger partial charge on any atom is 0.00954 e. The zero-order valence-corrected chi connectivity index (χ0v) is 21.9. The maximum absolute atomic E-state index is 2.75. The van der Waals surface area contributed by atoms with Crippen LogP contribution >= 0.6 is 0 Å². The molecule has 2 aromatic carbocycles. The van der Waals surface area contributed by atoms with Crippen molar-refractivity contribution in [2.45, 2.75) is 97.3 Å². The van der Waals surface area contributed by atoms with Crippen molar-refractivity contribution in [3.8, 4) is 0 Å². The highest BCUT2D eigenvalue weighted by molar-refractivity contribution is 5.79. The standard InChI is InChI=1S/C34H44/c1-5-14-24(3)30-22-32(28-18-10-8-16-26(28)30)34(20-12-7-13-21-34)33-23-31(25(4)15-6-2)27-17-9-11-19-29(27)33/h8-11,16-19,22-25,32-33H,5-7,12-15,20-21H2,1-4H3. The Kier molecular flexibility index (Phi) is 6.88. The van der Waals surface area contributed by atoms with Crippen LogP contribution in [-0.2, 0) is 0 Å². The Balaban J connectivity index is 1.65. The number of fused-ring (bicyclic) bond motifs is 2. The van der Waals surface area contributed by atoms with Crippen LogP contribution in [0.25, 0.3) is 11.1 Å². The third kappa shape index (κ3) is 3.92. The van der Waals surface area contributed by atoms with Crippen LogP contribution in [0.5, 0.6) is 0 Å². The fourth-order valence-corrected chi connectivity index (χ4v) is 7.79. The Morgan fingerprint density at radius 3 is 1.56 bits per heavy atom. The zero-order chi connectivity index (χ0) is 23.7. The molecule has 1 saturated carbocycles. The number of rotatable bonds is 8. The molecule has 34 heavy (non-hydrogen) atoms. The van der Waals surface area contributed by atoms with Crippen molar-refractivity contribution >= 4 is 11.1 Å². The van der Waals surface area contributed by atoms with Gasteiger partial charge in [-0.3, -0.25) is 0 Å². The average molecular weight is 453 g/mol. The van der Waals surface area contributed by atoms with E-state index in [9.17, 15) is 0 Å². The van der Waals surface area contributed by atoms with Crippen LogP contribution in [0, 0.1) is 17.3 Å². The molecule has 0 aliphatic heterocycles. The highest BCUT2D eigenvalue weighted by Crippen LogP contribution is 2.63. The molecule has 0 bridgehead atoms. The minimum absolute atomic E-state index is 0.297. The van der Waals surface area contributed by atoms with Gasteiger partial charge < -0.3 is 0 Å². The first kappa shape index (κ1) is 23.7. The van der Waals surface area contributed by atoms with E-state index in [2.05, 4.69) is 88.4 Å². The number of allylic oxidation sites excluding steroid dienone is 4. The largest absolute Gasteiger partial charge is 0.0723 e. The lowest BCUT2D eigenvalue weighted by atomic mass is 9.57. The van der Waals surface area contributed by atoms with Gasteiger partial charge in [-0.05, 0) is 76.3 Å². The first-order chi connectivity index (χ1) is 16.6. The predicted octanol–water partition coefficient (Wildman–Crippen LogP) is 10.2. The van der Waals surface area contributed by atoms with Crippen molar-refractivity contribution in [1.82, 2.24) is 0 Å². The first-order valence-corrected chi connectivity index (χ1v) is 14.2. The van der Waals surface area contributed by atoms with Crippen molar-refractivity contribution in [1.29, 1.82) is 0 Å². The Morgan fingerprint density at radius 2 is 1.12 bits per heavy atom. The quantitative estimate of drug-likeness (QED) is 0.373. The van der Waals surface area contributed by atoms with Gasteiger partial charge in [0.25, 0.3) is 0 Å². The van der Waals surface area contributed by atoms with Crippen molar-refractivity contribution in [2.75, 3.05) is 0 Å². The molecule has 3 aliphatic rings. The smallest absolute Gasteiger partial charge is 0.00954 e. The summed E-state index contributed by atoms with van der Waals surface area (Å²) in [6.07, 6.45) is 17.4. The molecule has 4 unspecified atom stereocenters. The molecule has 0 N–H and O–H groups in total. The lowest BCUT2D eigenvalue weighted by Gasteiger charge is -2.46. The van der Waals surface area contributed by atoms with Gasteiger partial charge in [0.1, 0.15) is 0 Å². The molecule has 3 aliphatic carbocycles. The molecule has 0 amide bonds. The molecular formula is C34H44. The van der Waals surface area contributed by atoms with Crippen LogP contribution in [0.15, 0.2) is 60.7 Å². The molecule has 1 fully saturated rings. The van der Waals surface area contributed by atoms with Crippen LogP contribution < -0.4 is 0 Å². The molecule has 0 saturated heterocycles. The van der Waals surface area contributed by atoms with Crippen LogP contribution in [-0.4, -0.2) is 0 Å². The Bertz CT molecular complexity index is 981. The van der Waals surface area contributed by atoms with E-state index in [1.807, 2.05) is 0 Å². The van der Waals surface area contributed by atoms with Crippen LogP contribution in [0.2, 0.25) is 0 Å². The van der Waals surface area contributed by atoms with E-state index in [0.29, 0.717) is 29.1 Å². The minimum atomic E-state index is 0.297. The Labute approximate surface area is 208 Å². The molecule has 0 nitrogen and oxygen atoms in total. The average Bonchev–Trinajstić information content (AvgIpc) is 3.45. The second-order valence-electron chi connectivity index (χ2n) is 11.5. The van der Waals surface area contributed by atoms with E-state index in [1.54, 1.807) is 33.4 Å². The monoisotopic (exact) mass is 452 g/mol. The summed E-state index contributed by atoms with van der Waals surface area (Å²) in [5.41, 5.74) is 9.88. The number of hydrogen-bond donors (Lipinski definition) is 0. The van der Waals surface area contributed by atoms with Crippen molar-refractivity contribution in [3.05, 3.63) is 82.9 Å². The molecular weight excluding hydrogens is 408 g/mol. The number of hydrogen-bond acceptors (Lipinski definition) is 0. The summed E-state index contributed by atoms with van der Waals surface area (Å²) in [6.45, 7) is 9.57. The molecule has 180 valence electrons. The fourth-order valence-electron chi connectivity index (χ4n) is 7.79. The molecule has 0 heteroatoms. The SMILES string of the molecule is CCCC(C)C1=CC(C2(C3C=C(C(C)CCC)c4ccccc43)CCCCC2)c2ccccc21. The van der Waals surface area contributed by atoms with Gasteiger partial charge in [-0.2, -0.15) is 0 Å². The topological polar surface area (TPSA) is 0 Å². The molecule has 4 atom stereocenters. The summed E-state index contributed by atoms with van der Waals surface area (Å²) >= 11 is 0. The van der Waals surface area contributed by atoms with Crippen LogP contribution in [0.1, 0.15) is 120 Å². The van der Waals surface area contributed by atoms with E-state index in [4.69, 9.17) is 0 Å². The van der Waals surface area contributed by atoms with Crippen molar-refractivity contribution in [3.63, 3.8) is 0 Å². The molecule has 5 rings (SSSR count). The summed E-state index contributed by atoms with van der Waals surface area (Å²) in [6, 6.07) is 18.8. The summed E-state index contributed by atoms with van der Waals surface area (Å²) in [5, 5.41) is 0. The number of benzene rings is 2. The van der Waals surface area contributed by atoms with Gasteiger partial charge in [-0.1, -0.05) is 120 Å². The van der Waals surface area contributed by atoms with Crippen molar-refractivity contribution < 1.29 is 0 Å². The highest BCUT2D eigenvalue weighted by Gasteiger charge is 2.50. The molecule has 0 aromatic heterocycles. The summed E-state index contributed by atoms with van der Waals surface area (Å²) in [7, 11) is 0. The highest BCUT2D eigenvalue weighted by atomic mass is 14.5. The third-order valence-electron chi connectivity index (χ3n) is 9.43. The minimum Gasteiger partial charge on any atom is -0.0723 e. The van der Waals surface area contributed by atoms with Gasteiger partial charge in [0, 0.05) is 11.8 Å². The second kappa shape index (κ2) is 9.88. The van der Waals surface area contributed by atoms with E-state index < -0.39 is 0 Å². The molecule has 0 radical (unpaired) electrons. The van der Waals surface area contributed by atoms with Gasteiger partial charge in [-0.25, -0.2) is 0 Å². The van der Waals surface area contributed by atoms with Gasteiger partial charge in [0.15, 0.2) is 0 Å².